The average molecular weight is 350 g/mol. The molecule has 1 atom stereocenters. The zero-order valence-corrected chi connectivity index (χ0v) is 14.6. The van der Waals surface area contributed by atoms with Crippen LogP contribution in [0.15, 0.2) is 34.5 Å². The number of aryl methyl sites for hydroxylation is 2. The Morgan fingerprint density at radius 3 is 2.78 bits per heavy atom. The van der Waals surface area contributed by atoms with Gasteiger partial charge in [0.05, 0.1) is 10.9 Å². The van der Waals surface area contributed by atoms with E-state index in [1.165, 1.54) is 24.2 Å². The number of hydrogen-bond acceptors (Lipinski definition) is 4. The number of rotatable bonds is 4. The Bertz CT molecular complexity index is 856. The summed E-state index contributed by atoms with van der Waals surface area (Å²) in [5.74, 6) is -0.231. The number of nitrogens with one attached hydrogen (secondary N) is 2. The molecule has 2 aromatic rings. The van der Waals surface area contributed by atoms with Crippen LogP contribution < -0.4 is 10.0 Å². The molecule has 23 heavy (non-hydrogen) atoms. The number of hydrogen-bond donors (Lipinski definition) is 2. The van der Waals surface area contributed by atoms with Crippen molar-refractivity contribution in [1.82, 2.24) is 10.0 Å². The van der Waals surface area contributed by atoms with Crippen LogP contribution in [0.3, 0.4) is 0 Å². The number of sulfonamides is 1. The number of carbonyl (C=O) groups excluding carboxylic acids is 1. The molecule has 0 unspecified atom stereocenters. The summed E-state index contributed by atoms with van der Waals surface area (Å²) >= 11 is 0.977. The normalized spacial score (nSPS) is 17.0. The van der Waals surface area contributed by atoms with E-state index in [1.54, 1.807) is 6.07 Å². The van der Waals surface area contributed by atoms with Gasteiger partial charge in [0.1, 0.15) is 4.21 Å². The number of carbonyl (C=O) groups is 1. The Morgan fingerprint density at radius 2 is 2.04 bits per heavy atom. The molecule has 0 bridgehead atoms. The third-order valence-corrected chi connectivity index (χ3v) is 7.01. The van der Waals surface area contributed by atoms with Gasteiger partial charge < -0.3 is 5.32 Å². The maximum absolute atomic E-state index is 12.4. The molecule has 1 aliphatic rings. The van der Waals surface area contributed by atoms with Crippen LogP contribution in [-0.4, -0.2) is 21.4 Å². The fraction of sp³-hybridized carbons (Fsp3) is 0.312. The van der Waals surface area contributed by atoms with E-state index < -0.39 is 10.0 Å². The van der Waals surface area contributed by atoms with Gasteiger partial charge >= 0.3 is 0 Å². The number of amides is 1. The lowest BCUT2D eigenvalue weighted by atomic mass is 10.1. The largest absolute Gasteiger partial charge is 0.345 e. The average Bonchev–Trinajstić information content (AvgIpc) is 3.15. The van der Waals surface area contributed by atoms with E-state index >= 15 is 0 Å². The van der Waals surface area contributed by atoms with Crippen LogP contribution in [0.5, 0.6) is 0 Å². The van der Waals surface area contributed by atoms with E-state index in [0.717, 1.165) is 29.7 Å². The molecule has 122 valence electrons. The molecule has 2 N–H and O–H groups in total. The maximum Gasteiger partial charge on any atom is 0.261 e. The lowest BCUT2D eigenvalue weighted by Crippen LogP contribution is -2.26. The van der Waals surface area contributed by atoms with Gasteiger partial charge in [-0.2, -0.15) is 0 Å². The summed E-state index contributed by atoms with van der Waals surface area (Å²) in [6, 6.07) is 9.26. The molecule has 0 saturated heterocycles. The highest BCUT2D eigenvalue weighted by Crippen LogP contribution is 2.32. The first-order valence-electron chi connectivity index (χ1n) is 7.34. The second-order valence-corrected chi connectivity index (χ2v) is 8.79. The molecule has 5 nitrogen and oxygen atoms in total. The zero-order valence-electron chi connectivity index (χ0n) is 12.9. The van der Waals surface area contributed by atoms with Gasteiger partial charge in [-0.15, -0.1) is 11.3 Å². The maximum atomic E-state index is 12.4. The van der Waals surface area contributed by atoms with Crippen LogP contribution in [0.25, 0.3) is 0 Å². The molecular weight excluding hydrogens is 332 g/mol. The molecule has 1 amide bonds. The predicted molar refractivity (Wildman–Crippen MR) is 90.3 cm³/mol. The van der Waals surface area contributed by atoms with Crippen LogP contribution >= 0.6 is 11.3 Å². The molecule has 0 aliphatic heterocycles. The molecule has 0 spiro atoms. The van der Waals surface area contributed by atoms with Gasteiger partial charge in [-0.05, 0) is 50.1 Å². The van der Waals surface area contributed by atoms with Crippen molar-refractivity contribution in [2.24, 2.45) is 0 Å². The van der Waals surface area contributed by atoms with Crippen molar-refractivity contribution < 1.29 is 13.2 Å². The molecule has 1 aliphatic carbocycles. The summed E-state index contributed by atoms with van der Waals surface area (Å²) in [5.41, 5.74) is 3.65. The van der Waals surface area contributed by atoms with Crippen molar-refractivity contribution in [3.05, 3.63) is 51.9 Å². The minimum atomic E-state index is -3.50. The Hall–Kier alpha value is -1.70. The molecule has 0 fully saturated rings. The first-order valence-corrected chi connectivity index (χ1v) is 9.64. The Morgan fingerprint density at radius 1 is 1.26 bits per heavy atom. The predicted octanol–water partition coefficient (Wildman–Crippen LogP) is 2.38. The van der Waals surface area contributed by atoms with Crippen molar-refractivity contribution in [2.75, 3.05) is 7.05 Å². The highest BCUT2D eigenvalue weighted by atomic mass is 32.2. The van der Waals surface area contributed by atoms with E-state index in [9.17, 15) is 13.2 Å². The minimum absolute atomic E-state index is 0.00967. The van der Waals surface area contributed by atoms with E-state index in [-0.39, 0.29) is 16.2 Å². The fourth-order valence-electron chi connectivity index (χ4n) is 2.81. The summed E-state index contributed by atoms with van der Waals surface area (Å²) in [6.07, 6.45) is 1.82. The highest BCUT2D eigenvalue weighted by Gasteiger charge is 2.25. The highest BCUT2D eigenvalue weighted by molar-refractivity contribution is 7.91. The van der Waals surface area contributed by atoms with E-state index in [1.807, 2.05) is 6.07 Å². The Balaban J connectivity index is 1.77. The first kappa shape index (κ1) is 16.2. The summed E-state index contributed by atoms with van der Waals surface area (Å²) in [6.45, 7) is 2.06. The van der Waals surface area contributed by atoms with Gasteiger partial charge in [0.15, 0.2) is 0 Å². The third-order valence-electron chi connectivity index (χ3n) is 4.02. The SMILES string of the molecule is CNS(=O)(=O)c1ccc(C(=O)N[C@@H]2CCc3cc(C)ccc32)s1. The van der Waals surface area contributed by atoms with Crippen molar-refractivity contribution >= 4 is 27.3 Å². The molecule has 1 aromatic heterocycles. The number of thiophene rings is 1. The quantitative estimate of drug-likeness (QED) is 0.889. The first-order chi connectivity index (χ1) is 10.9. The van der Waals surface area contributed by atoms with E-state index in [4.69, 9.17) is 0 Å². The van der Waals surface area contributed by atoms with Crippen LogP contribution in [0.2, 0.25) is 0 Å². The number of fused-ring (bicyclic) bond motifs is 1. The molecule has 0 radical (unpaired) electrons. The zero-order chi connectivity index (χ0) is 16.6. The van der Waals surface area contributed by atoms with Crippen molar-refractivity contribution in [3.63, 3.8) is 0 Å². The third kappa shape index (κ3) is 3.17. The second-order valence-electron chi connectivity index (χ2n) is 5.59. The monoisotopic (exact) mass is 350 g/mol. The van der Waals surface area contributed by atoms with E-state index in [0.29, 0.717) is 4.88 Å². The van der Waals surface area contributed by atoms with Crippen LogP contribution in [0.4, 0.5) is 0 Å². The van der Waals surface area contributed by atoms with Gasteiger partial charge in [0.2, 0.25) is 10.0 Å². The molecule has 3 rings (SSSR count). The lowest BCUT2D eigenvalue weighted by Gasteiger charge is -2.13. The molecule has 1 aromatic carbocycles. The van der Waals surface area contributed by atoms with Gasteiger partial charge in [-0.1, -0.05) is 23.8 Å². The topological polar surface area (TPSA) is 75.3 Å². The fourth-order valence-corrected chi connectivity index (χ4v) is 4.86. The van der Waals surface area contributed by atoms with Crippen molar-refractivity contribution in [2.45, 2.75) is 30.0 Å². The van der Waals surface area contributed by atoms with Gasteiger partial charge in [0, 0.05) is 0 Å². The Labute approximate surface area is 139 Å². The van der Waals surface area contributed by atoms with Crippen LogP contribution in [0, 0.1) is 6.92 Å². The Kier molecular flexibility index (Phi) is 4.27. The molecule has 1 heterocycles. The second kappa shape index (κ2) is 6.07. The smallest absolute Gasteiger partial charge is 0.261 e. The van der Waals surface area contributed by atoms with Gasteiger partial charge in [-0.25, -0.2) is 13.1 Å². The number of benzene rings is 1. The molecular formula is C16H18N2O3S2. The van der Waals surface area contributed by atoms with Crippen LogP contribution in [0.1, 0.15) is 38.8 Å². The molecule has 7 heteroatoms. The van der Waals surface area contributed by atoms with Crippen molar-refractivity contribution in [1.29, 1.82) is 0 Å². The van der Waals surface area contributed by atoms with Crippen molar-refractivity contribution in [3.8, 4) is 0 Å². The minimum Gasteiger partial charge on any atom is -0.345 e. The summed E-state index contributed by atoms with van der Waals surface area (Å²) < 4.78 is 25.9. The summed E-state index contributed by atoms with van der Waals surface area (Å²) in [5, 5.41) is 3.01. The summed E-state index contributed by atoms with van der Waals surface area (Å²) in [4.78, 5) is 12.8. The lowest BCUT2D eigenvalue weighted by molar-refractivity contribution is 0.0941. The van der Waals surface area contributed by atoms with Gasteiger partial charge in [0.25, 0.3) is 5.91 Å². The van der Waals surface area contributed by atoms with E-state index in [2.05, 4.69) is 29.1 Å². The van der Waals surface area contributed by atoms with Gasteiger partial charge in [-0.3, -0.25) is 4.79 Å². The summed E-state index contributed by atoms with van der Waals surface area (Å²) in [7, 11) is -2.15. The molecule has 0 saturated carbocycles. The van der Waals surface area contributed by atoms with Crippen LogP contribution in [-0.2, 0) is 16.4 Å². The standard InChI is InChI=1S/C16H18N2O3S2/c1-10-3-5-12-11(9-10)4-6-13(12)18-16(19)14-7-8-15(22-14)23(20,21)17-2/h3,5,7-9,13,17H,4,6H2,1-2H3,(H,18,19)/t13-/m1/s1.